The highest BCUT2D eigenvalue weighted by Crippen LogP contribution is 2.25. The van der Waals surface area contributed by atoms with Gasteiger partial charge in [0.25, 0.3) is 5.91 Å². The summed E-state index contributed by atoms with van der Waals surface area (Å²) in [6, 6.07) is 1.46. The molecule has 0 aliphatic carbocycles. The second-order valence-electron chi connectivity index (χ2n) is 5.69. The number of aromatic nitrogens is 2. The first kappa shape index (κ1) is 14.6. The van der Waals surface area contributed by atoms with Crippen LogP contribution in [0.3, 0.4) is 0 Å². The zero-order valence-electron chi connectivity index (χ0n) is 12.1. The molecule has 110 valence electrons. The minimum Gasteiger partial charge on any atom is -0.481 e. The molecule has 1 aromatic heterocycles. The van der Waals surface area contributed by atoms with Crippen molar-refractivity contribution < 1.29 is 14.7 Å². The molecule has 1 amide bonds. The van der Waals surface area contributed by atoms with Gasteiger partial charge in [0.05, 0.1) is 5.92 Å². The van der Waals surface area contributed by atoms with Crippen LogP contribution in [0, 0.1) is 5.92 Å². The summed E-state index contributed by atoms with van der Waals surface area (Å²) in [6.45, 7) is 6.43. The molecule has 1 aromatic rings. The number of carboxylic acids is 1. The van der Waals surface area contributed by atoms with E-state index in [9.17, 15) is 14.7 Å². The molecule has 0 unspecified atom stereocenters. The molecule has 0 bridgehead atoms. The second-order valence-corrected chi connectivity index (χ2v) is 5.69. The van der Waals surface area contributed by atoms with E-state index in [0.717, 1.165) is 5.69 Å². The summed E-state index contributed by atoms with van der Waals surface area (Å²) >= 11 is 0. The number of aromatic amines is 1. The zero-order valence-corrected chi connectivity index (χ0v) is 12.1. The van der Waals surface area contributed by atoms with Gasteiger partial charge in [0, 0.05) is 18.3 Å². The van der Waals surface area contributed by atoms with Crippen LogP contribution in [0.25, 0.3) is 0 Å². The predicted molar refractivity (Wildman–Crippen MR) is 73.5 cm³/mol. The number of carbonyl (C=O) groups excluding carboxylic acids is 1. The molecule has 0 radical (unpaired) electrons. The molecule has 6 heteroatoms. The number of carboxylic acid groups (broad SMARTS) is 1. The number of piperidine rings is 1. The van der Waals surface area contributed by atoms with E-state index in [1.165, 1.54) is 0 Å². The Morgan fingerprint density at radius 2 is 2.20 bits per heavy atom. The summed E-state index contributed by atoms with van der Waals surface area (Å²) < 4.78 is 0. The minimum absolute atomic E-state index is 0.188. The number of hydrogen-bond donors (Lipinski definition) is 2. The Morgan fingerprint density at radius 1 is 1.50 bits per heavy atom. The smallest absolute Gasteiger partial charge is 0.308 e. The number of amides is 1. The quantitative estimate of drug-likeness (QED) is 0.884. The van der Waals surface area contributed by atoms with E-state index in [0.29, 0.717) is 25.1 Å². The van der Waals surface area contributed by atoms with Gasteiger partial charge in [-0.3, -0.25) is 14.7 Å². The standard InChI is InChI=1S/C14H21N3O3/c1-8(2)11-7-12(16-15-11)13(18)17-6-4-5-10(9(17)3)14(19)20/h7-10H,4-6H2,1-3H3,(H,15,16)(H,19,20)/t9-,10-/m0/s1. The SMILES string of the molecule is CC(C)c1cc(C(=O)N2CCC[C@H](C(=O)O)[C@@H]2C)n[nH]1. The van der Waals surface area contributed by atoms with Crippen LogP contribution in [0.5, 0.6) is 0 Å². The maximum Gasteiger partial charge on any atom is 0.308 e. The number of nitrogens with one attached hydrogen (secondary N) is 1. The van der Waals surface area contributed by atoms with Crippen LogP contribution in [-0.2, 0) is 4.79 Å². The molecule has 1 aliphatic rings. The van der Waals surface area contributed by atoms with Crippen LogP contribution in [0.15, 0.2) is 6.07 Å². The van der Waals surface area contributed by atoms with Crippen LogP contribution in [0.4, 0.5) is 0 Å². The molecule has 0 saturated carbocycles. The third-order valence-corrected chi connectivity index (χ3v) is 4.00. The topological polar surface area (TPSA) is 86.3 Å². The number of hydrogen-bond acceptors (Lipinski definition) is 3. The van der Waals surface area contributed by atoms with E-state index >= 15 is 0 Å². The first-order chi connectivity index (χ1) is 9.41. The summed E-state index contributed by atoms with van der Waals surface area (Å²) in [5, 5.41) is 16.1. The maximum atomic E-state index is 12.5. The third-order valence-electron chi connectivity index (χ3n) is 4.00. The Labute approximate surface area is 118 Å². The number of H-pyrrole nitrogens is 1. The van der Waals surface area contributed by atoms with Crippen molar-refractivity contribution in [3.8, 4) is 0 Å². The highest BCUT2D eigenvalue weighted by atomic mass is 16.4. The van der Waals surface area contributed by atoms with Gasteiger partial charge < -0.3 is 10.0 Å². The molecule has 0 spiro atoms. The summed E-state index contributed by atoms with van der Waals surface area (Å²) in [5.41, 5.74) is 1.28. The molecular weight excluding hydrogens is 258 g/mol. The van der Waals surface area contributed by atoms with Gasteiger partial charge in [0.15, 0.2) is 0 Å². The number of likely N-dealkylation sites (tertiary alicyclic amines) is 1. The van der Waals surface area contributed by atoms with E-state index in [1.807, 2.05) is 13.8 Å². The van der Waals surface area contributed by atoms with Gasteiger partial charge in [-0.25, -0.2) is 0 Å². The molecule has 20 heavy (non-hydrogen) atoms. The Morgan fingerprint density at radius 3 is 2.75 bits per heavy atom. The van der Waals surface area contributed by atoms with Gasteiger partial charge in [-0.2, -0.15) is 5.10 Å². The van der Waals surface area contributed by atoms with Crippen LogP contribution in [0.1, 0.15) is 55.7 Å². The maximum absolute atomic E-state index is 12.5. The van der Waals surface area contributed by atoms with Crippen molar-refractivity contribution in [1.82, 2.24) is 15.1 Å². The molecule has 1 aliphatic heterocycles. The Bertz CT molecular complexity index is 510. The number of rotatable bonds is 3. The summed E-state index contributed by atoms with van der Waals surface area (Å²) in [4.78, 5) is 25.3. The minimum atomic E-state index is -0.833. The predicted octanol–water partition coefficient (Wildman–Crippen LogP) is 1.86. The highest BCUT2D eigenvalue weighted by Gasteiger charge is 2.36. The van der Waals surface area contributed by atoms with Crippen molar-refractivity contribution in [3.05, 3.63) is 17.5 Å². The Balaban J connectivity index is 2.16. The molecule has 1 saturated heterocycles. The van der Waals surface area contributed by atoms with Crippen LogP contribution in [-0.4, -0.2) is 44.7 Å². The average Bonchev–Trinajstić information content (AvgIpc) is 2.87. The van der Waals surface area contributed by atoms with E-state index < -0.39 is 11.9 Å². The van der Waals surface area contributed by atoms with Crippen molar-refractivity contribution in [2.75, 3.05) is 6.54 Å². The molecule has 6 nitrogen and oxygen atoms in total. The van der Waals surface area contributed by atoms with E-state index in [4.69, 9.17) is 0 Å². The number of aliphatic carboxylic acids is 1. The Kier molecular flexibility index (Phi) is 4.11. The molecule has 0 aromatic carbocycles. The average molecular weight is 279 g/mol. The molecule has 2 heterocycles. The van der Waals surface area contributed by atoms with Crippen molar-refractivity contribution in [1.29, 1.82) is 0 Å². The molecule has 2 atom stereocenters. The molecular formula is C14H21N3O3. The first-order valence-corrected chi connectivity index (χ1v) is 7.01. The lowest BCUT2D eigenvalue weighted by Gasteiger charge is -2.37. The van der Waals surface area contributed by atoms with Crippen molar-refractivity contribution in [3.63, 3.8) is 0 Å². The number of carbonyl (C=O) groups is 2. The molecule has 2 rings (SSSR count). The molecule has 1 fully saturated rings. The van der Waals surface area contributed by atoms with Gasteiger partial charge in [-0.1, -0.05) is 13.8 Å². The highest BCUT2D eigenvalue weighted by molar-refractivity contribution is 5.93. The monoisotopic (exact) mass is 279 g/mol. The number of nitrogens with zero attached hydrogens (tertiary/aromatic N) is 2. The molecule has 2 N–H and O–H groups in total. The van der Waals surface area contributed by atoms with Crippen molar-refractivity contribution in [2.24, 2.45) is 5.92 Å². The van der Waals surface area contributed by atoms with Crippen LogP contribution in [0.2, 0.25) is 0 Å². The van der Waals surface area contributed by atoms with Crippen molar-refractivity contribution in [2.45, 2.75) is 45.6 Å². The van der Waals surface area contributed by atoms with Gasteiger partial charge in [-0.15, -0.1) is 0 Å². The Hall–Kier alpha value is -1.85. The summed E-state index contributed by atoms with van der Waals surface area (Å²) in [5.74, 6) is -1.24. The fourth-order valence-electron chi connectivity index (χ4n) is 2.65. The van der Waals surface area contributed by atoms with Gasteiger partial charge in [0.2, 0.25) is 0 Å². The van der Waals surface area contributed by atoms with Gasteiger partial charge >= 0.3 is 5.97 Å². The largest absolute Gasteiger partial charge is 0.481 e. The van der Waals surface area contributed by atoms with Gasteiger partial charge in [0.1, 0.15) is 5.69 Å². The van der Waals surface area contributed by atoms with E-state index in [1.54, 1.807) is 17.9 Å². The van der Waals surface area contributed by atoms with Crippen molar-refractivity contribution >= 4 is 11.9 Å². The van der Waals surface area contributed by atoms with E-state index in [2.05, 4.69) is 10.2 Å². The fourth-order valence-corrected chi connectivity index (χ4v) is 2.65. The summed E-state index contributed by atoms with van der Waals surface area (Å²) in [7, 11) is 0. The second kappa shape index (κ2) is 5.64. The van der Waals surface area contributed by atoms with Crippen LogP contribution < -0.4 is 0 Å². The third kappa shape index (κ3) is 2.69. The summed E-state index contributed by atoms with van der Waals surface area (Å²) in [6.07, 6.45) is 1.34. The van der Waals surface area contributed by atoms with E-state index in [-0.39, 0.29) is 17.9 Å². The normalized spacial score (nSPS) is 23.1. The lowest BCUT2D eigenvalue weighted by Crippen LogP contribution is -2.49. The fraction of sp³-hybridized carbons (Fsp3) is 0.643. The van der Waals surface area contributed by atoms with Crippen LogP contribution >= 0.6 is 0 Å². The van der Waals surface area contributed by atoms with Gasteiger partial charge in [-0.05, 0) is 31.7 Å². The lowest BCUT2D eigenvalue weighted by atomic mass is 9.90. The zero-order chi connectivity index (χ0) is 14.9. The lowest BCUT2D eigenvalue weighted by molar-refractivity contribution is -0.144. The first-order valence-electron chi connectivity index (χ1n) is 7.01.